The van der Waals surface area contributed by atoms with E-state index < -0.39 is 5.23 Å². The fourth-order valence-electron chi connectivity index (χ4n) is 0.224. The van der Waals surface area contributed by atoms with Crippen molar-refractivity contribution >= 4 is 29.7 Å². The molecule has 52 valence electrons. The standard InChI is InChI=1S/C4H13OPS2/c1-3-6(5,7,8)4-2/h5,7-8H,3-4H2,1-2H3. The third-order valence-corrected chi connectivity index (χ3v) is 7.28. The minimum absolute atomic E-state index is 0.675. The first-order valence-corrected chi connectivity index (χ1v) is 7.51. The molecule has 1 nitrogen and oxygen atoms in total. The van der Waals surface area contributed by atoms with Crippen LogP contribution in [0.2, 0.25) is 0 Å². The summed E-state index contributed by atoms with van der Waals surface area (Å²) in [6.07, 6.45) is 1.35. The van der Waals surface area contributed by atoms with Crippen molar-refractivity contribution in [2.24, 2.45) is 0 Å². The van der Waals surface area contributed by atoms with E-state index >= 15 is 0 Å². The summed E-state index contributed by atoms with van der Waals surface area (Å²) < 4.78 is 0. The van der Waals surface area contributed by atoms with Gasteiger partial charge in [0, 0.05) is 0 Å². The Morgan fingerprint density at radius 3 is 1.50 bits per heavy atom. The van der Waals surface area contributed by atoms with Crippen molar-refractivity contribution in [3.8, 4) is 0 Å². The van der Waals surface area contributed by atoms with Crippen LogP contribution in [0, 0.1) is 0 Å². The Bertz CT molecular complexity index is 77.8. The van der Waals surface area contributed by atoms with Gasteiger partial charge in [-0.25, -0.2) is 0 Å². The van der Waals surface area contributed by atoms with Crippen molar-refractivity contribution in [2.45, 2.75) is 13.8 Å². The molecule has 1 N–H and O–H groups in total. The van der Waals surface area contributed by atoms with Crippen LogP contribution in [0.15, 0.2) is 0 Å². The van der Waals surface area contributed by atoms with Crippen LogP contribution in [0.4, 0.5) is 0 Å². The molecule has 0 saturated heterocycles. The van der Waals surface area contributed by atoms with Crippen LogP contribution in [0.5, 0.6) is 0 Å². The van der Waals surface area contributed by atoms with Crippen molar-refractivity contribution in [2.75, 3.05) is 12.3 Å². The summed E-state index contributed by atoms with van der Waals surface area (Å²) in [5.41, 5.74) is 0. The molecule has 0 heterocycles. The van der Waals surface area contributed by atoms with Crippen molar-refractivity contribution in [3.63, 3.8) is 0 Å². The van der Waals surface area contributed by atoms with Gasteiger partial charge in [0.2, 0.25) is 0 Å². The summed E-state index contributed by atoms with van der Waals surface area (Å²) in [7, 11) is 0. The van der Waals surface area contributed by atoms with Gasteiger partial charge in [0.15, 0.2) is 0 Å². The average Bonchev–Trinajstić information content (AvgIpc) is 1.68. The van der Waals surface area contributed by atoms with Gasteiger partial charge in [-0.15, -0.1) is 0 Å². The van der Waals surface area contributed by atoms with Crippen LogP contribution in [0.25, 0.3) is 0 Å². The fourth-order valence-corrected chi connectivity index (χ4v) is 0.671. The van der Waals surface area contributed by atoms with Crippen molar-refractivity contribution in [1.29, 1.82) is 0 Å². The molecule has 8 heavy (non-hydrogen) atoms. The van der Waals surface area contributed by atoms with E-state index in [1.165, 1.54) is 0 Å². The molecule has 0 aliphatic rings. The molecule has 0 spiro atoms. The van der Waals surface area contributed by atoms with Crippen molar-refractivity contribution in [1.82, 2.24) is 0 Å². The SMILES string of the molecule is CCP(O)(S)(S)CC. The Balaban J connectivity index is 3.99. The molecule has 0 amide bonds. The number of hydrogen-bond acceptors (Lipinski definition) is 3. The first kappa shape index (κ1) is 9.09. The summed E-state index contributed by atoms with van der Waals surface area (Å²) in [5, 5.41) is -2.71. The molecule has 0 aliphatic carbocycles. The molecule has 0 aromatic rings. The van der Waals surface area contributed by atoms with Gasteiger partial charge in [-0.1, -0.05) is 0 Å². The zero-order valence-electron chi connectivity index (χ0n) is 5.20. The Hall–Kier alpha value is 1.09. The molecule has 0 aromatic heterocycles. The number of rotatable bonds is 2. The van der Waals surface area contributed by atoms with E-state index in [4.69, 9.17) is 0 Å². The van der Waals surface area contributed by atoms with Gasteiger partial charge in [-0.2, -0.15) is 0 Å². The van der Waals surface area contributed by atoms with E-state index in [9.17, 15) is 4.89 Å². The molecule has 0 aliphatic heterocycles. The van der Waals surface area contributed by atoms with Gasteiger partial charge >= 0.3 is 60.8 Å². The van der Waals surface area contributed by atoms with Crippen LogP contribution in [0.1, 0.15) is 13.8 Å². The summed E-state index contributed by atoms with van der Waals surface area (Å²) >= 11 is 8.19. The molecule has 0 atom stereocenters. The first-order valence-electron chi connectivity index (χ1n) is 2.65. The Morgan fingerprint density at radius 2 is 1.50 bits per heavy atom. The number of thiol groups is 2. The third kappa shape index (κ3) is 3.18. The maximum atomic E-state index is 9.46. The van der Waals surface area contributed by atoms with Gasteiger partial charge in [-0.3, -0.25) is 0 Å². The molecular weight excluding hydrogens is 159 g/mol. The zero-order chi connectivity index (χ0) is 6.86. The Kier molecular flexibility index (Phi) is 2.70. The van der Waals surface area contributed by atoms with Gasteiger partial charge < -0.3 is 0 Å². The summed E-state index contributed by atoms with van der Waals surface area (Å²) in [6.45, 7) is 3.81. The van der Waals surface area contributed by atoms with Gasteiger partial charge in [0.25, 0.3) is 0 Å². The van der Waals surface area contributed by atoms with Crippen molar-refractivity contribution < 1.29 is 4.89 Å². The summed E-state index contributed by atoms with van der Waals surface area (Å²) in [5.74, 6) is 0. The van der Waals surface area contributed by atoms with Gasteiger partial charge in [0.05, 0.1) is 0 Å². The molecule has 0 unspecified atom stereocenters. The maximum absolute atomic E-state index is 9.46. The molecule has 0 radical (unpaired) electrons. The van der Waals surface area contributed by atoms with Crippen molar-refractivity contribution in [3.05, 3.63) is 0 Å². The third-order valence-electron chi connectivity index (χ3n) is 1.30. The van der Waals surface area contributed by atoms with E-state index in [1.54, 1.807) is 0 Å². The quantitative estimate of drug-likeness (QED) is 0.431. The van der Waals surface area contributed by atoms with Gasteiger partial charge in [0.1, 0.15) is 0 Å². The van der Waals surface area contributed by atoms with Crippen LogP contribution in [-0.2, 0) is 0 Å². The molecule has 0 rings (SSSR count). The van der Waals surface area contributed by atoms with E-state index in [0.717, 1.165) is 0 Å². The van der Waals surface area contributed by atoms with E-state index in [2.05, 4.69) is 24.5 Å². The second-order valence-corrected chi connectivity index (χ2v) is 12.5. The molecule has 4 heteroatoms. The van der Waals surface area contributed by atoms with E-state index in [-0.39, 0.29) is 0 Å². The second kappa shape index (κ2) is 2.37. The Labute approximate surface area is 61.2 Å². The zero-order valence-corrected chi connectivity index (χ0v) is 7.89. The molecule has 0 aromatic carbocycles. The number of hydrogen-bond donors (Lipinski definition) is 3. The molecular formula is C4H13OPS2. The monoisotopic (exact) mass is 172 g/mol. The van der Waals surface area contributed by atoms with Crippen LogP contribution in [0.3, 0.4) is 0 Å². The van der Waals surface area contributed by atoms with E-state index in [1.807, 2.05) is 13.8 Å². The fraction of sp³-hybridized carbons (Fsp3) is 1.00. The average molecular weight is 172 g/mol. The first-order chi connectivity index (χ1) is 3.39. The summed E-state index contributed by atoms with van der Waals surface area (Å²) in [6, 6.07) is 0. The second-order valence-electron chi connectivity index (χ2n) is 1.97. The molecule has 0 bridgehead atoms. The Morgan fingerprint density at radius 1 is 1.25 bits per heavy atom. The van der Waals surface area contributed by atoms with Crippen LogP contribution >= 0.6 is 29.7 Å². The topological polar surface area (TPSA) is 20.2 Å². The predicted molar refractivity (Wildman–Crippen MR) is 48.2 cm³/mol. The predicted octanol–water partition coefficient (Wildman–Crippen LogP) is 2.18. The van der Waals surface area contributed by atoms with Gasteiger partial charge in [-0.05, 0) is 0 Å². The van der Waals surface area contributed by atoms with E-state index in [0.29, 0.717) is 12.3 Å². The molecule has 0 saturated carbocycles. The normalized spacial score (nSPS) is 17.4. The summed E-state index contributed by atoms with van der Waals surface area (Å²) in [4.78, 5) is 9.46. The minimum atomic E-state index is -2.71. The van der Waals surface area contributed by atoms with Crippen LogP contribution in [-0.4, -0.2) is 17.2 Å². The van der Waals surface area contributed by atoms with Crippen LogP contribution < -0.4 is 0 Å². The molecule has 0 fully saturated rings.